The van der Waals surface area contributed by atoms with Crippen molar-refractivity contribution in [1.29, 1.82) is 0 Å². The van der Waals surface area contributed by atoms with Crippen molar-refractivity contribution in [2.75, 3.05) is 20.3 Å². The summed E-state index contributed by atoms with van der Waals surface area (Å²) < 4.78 is 12.7. The highest BCUT2D eigenvalue weighted by Crippen LogP contribution is 2.27. The fraction of sp³-hybridized carbons (Fsp3) is 0.438. The zero-order valence-electron chi connectivity index (χ0n) is 12.9. The van der Waals surface area contributed by atoms with Crippen molar-refractivity contribution in [3.63, 3.8) is 0 Å². The minimum Gasteiger partial charge on any atom is -0.493 e. The van der Waals surface area contributed by atoms with Crippen LogP contribution < -0.4 is 14.8 Å². The number of aromatic nitrogens is 2. The average Bonchev–Trinajstić information content (AvgIpc) is 2.90. The van der Waals surface area contributed by atoms with Gasteiger partial charge in [0.1, 0.15) is 0 Å². The molecule has 0 saturated carbocycles. The minimum absolute atomic E-state index is 0.632. The van der Waals surface area contributed by atoms with Crippen molar-refractivity contribution in [1.82, 2.24) is 15.1 Å². The Balaban J connectivity index is 1.83. The van der Waals surface area contributed by atoms with Crippen LogP contribution in [0.3, 0.4) is 0 Å². The van der Waals surface area contributed by atoms with Crippen LogP contribution in [-0.4, -0.2) is 30.0 Å². The lowest BCUT2D eigenvalue weighted by molar-refractivity contribution is 0.310. The first-order chi connectivity index (χ1) is 10.2. The van der Waals surface area contributed by atoms with Crippen LogP contribution in [0, 0.1) is 0 Å². The van der Waals surface area contributed by atoms with E-state index in [0.29, 0.717) is 6.61 Å². The van der Waals surface area contributed by atoms with Gasteiger partial charge in [-0.05, 0) is 30.7 Å². The van der Waals surface area contributed by atoms with Crippen molar-refractivity contribution in [2.45, 2.75) is 19.9 Å². The summed E-state index contributed by atoms with van der Waals surface area (Å²) in [5.41, 5.74) is 2.29. The summed E-state index contributed by atoms with van der Waals surface area (Å²) in [5, 5.41) is 7.78. The standard InChI is InChI=1S/C16H23N3O2/c1-4-21-16-11-13(5-6-15(16)20-3)12-17-9-7-14-8-10-19(2)18-14/h5-6,8,10-11,17H,4,7,9,12H2,1-3H3. The topological polar surface area (TPSA) is 48.3 Å². The number of nitrogens with zero attached hydrogens (tertiary/aromatic N) is 2. The van der Waals surface area contributed by atoms with Gasteiger partial charge in [0.15, 0.2) is 11.5 Å². The molecule has 21 heavy (non-hydrogen) atoms. The Labute approximate surface area is 125 Å². The third kappa shape index (κ3) is 4.49. The molecule has 114 valence electrons. The number of benzene rings is 1. The molecule has 0 unspecified atom stereocenters. The van der Waals surface area contributed by atoms with Gasteiger partial charge in [-0.25, -0.2) is 0 Å². The molecule has 2 rings (SSSR count). The van der Waals surface area contributed by atoms with E-state index in [2.05, 4.69) is 16.5 Å². The van der Waals surface area contributed by atoms with Gasteiger partial charge in [0.05, 0.1) is 19.4 Å². The highest BCUT2D eigenvalue weighted by atomic mass is 16.5. The fourth-order valence-electron chi connectivity index (χ4n) is 2.15. The van der Waals surface area contributed by atoms with Crippen LogP contribution in [0.15, 0.2) is 30.5 Å². The van der Waals surface area contributed by atoms with E-state index in [1.807, 2.05) is 43.0 Å². The van der Waals surface area contributed by atoms with E-state index >= 15 is 0 Å². The summed E-state index contributed by atoms with van der Waals surface area (Å²) in [6.07, 6.45) is 2.89. The Hall–Kier alpha value is -2.01. The fourth-order valence-corrected chi connectivity index (χ4v) is 2.15. The molecule has 0 aliphatic heterocycles. The second kappa shape index (κ2) is 7.69. The summed E-state index contributed by atoms with van der Waals surface area (Å²) in [6.45, 7) is 4.30. The van der Waals surface area contributed by atoms with Crippen LogP contribution >= 0.6 is 0 Å². The van der Waals surface area contributed by atoms with E-state index < -0.39 is 0 Å². The molecular formula is C16H23N3O2. The molecule has 0 atom stereocenters. The summed E-state index contributed by atoms with van der Waals surface area (Å²) >= 11 is 0. The Kier molecular flexibility index (Phi) is 5.63. The molecule has 0 aliphatic rings. The first-order valence-corrected chi connectivity index (χ1v) is 7.22. The molecule has 0 radical (unpaired) electrons. The minimum atomic E-state index is 0.632. The predicted molar refractivity (Wildman–Crippen MR) is 82.8 cm³/mol. The molecule has 1 N–H and O–H groups in total. The van der Waals surface area contributed by atoms with Crippen LogP contribution in [0.5, 0.6) is 11.5 Å². The van der Waals surface area contributed by atoms with Gasteiger partial charge in [0.25, 0.3) is 0 Å². The molecule has 5 nitrogen and oxygen atoms in total. The maximum absolute atomic E-state index is 5.58. The molecule has 0 saturated heterocycles. The molecule has 0 amide bonds. The van der Waals surface area contributed by atoms with Crippen molar-refractivity contribution in [3.8, 4) is 11.5 Å². The van der Waals surface area contributed by atoms with Gasteiger partial charge in [-0.3, -0.25) is 4.68 Å². The average molecular weight is 289 g/mol. The van der Waals surface area contributed by atoms with Gasteiger partial charge in [0.2, 0.25) is 0 Å². The van der Waals surface area contributed by atoms with Crippen LogP contribution in [0.25, 0.3) is 0 Å². The number of hydrogen-bond donors (Lipinski definition) is 1. The normalized spacial score (nSPS) is 10.6. The molecule has 0 fully saturated rings. The zero-order valence-corrected chi connectivity index (χ0v) is 12.9. The van der Waals surface area contributed by atoms with Crippen molar-refractivity contribution >= 4 is 0 Å². The Morgan fingerprint density at radius 3 is 2.76 bits per heavy atom. The molecule has 5 heteroatoms. The molecule has 2 aromatic rings. The molecule has 0 spiro atoms. The number of aryl methyl sites for hydroxylation is 1. The Morgan fingerprint density at radius 2 is 2.10 bits per heavy atom. The third-order valence-electron chi connectivity index (χ3n) is 3.18. The van der Waals surface area contributed by atoms with Crippen LogP contribution in [0.4, 0.5) is 0 Å². The van der Waals surface area contributed by atoms with E-state index in [1.165, 1.54) is 5.56 Å². The second-order valence-corrected chi connectivity index (χ2v) is 4.83. The van der Waals surface area contributed by atoms with Crippen LogP contribution in [-0.2, 0) is 20.0 Å². The smallest absolute Gasteiger partial charge is 0.161 e. The highest BCUT2D eigenvalue weighted by molar-refractivity contribution is 5.42. The molecule has 0 aliphatic carbocycles. The number of methoxy groups -OCH3 is 1. The maximum atomic E-state index is 5.58. The van der Waals surface area contributed by atoms with E-state index in [4.69, 9.17) is 9.47 Å². The van der Waals surface area contributed by atoms with Crippen LogP contribution in [0.1, 0.15) is 18.2 Å². The second-order valence-electron chi connectivity index (χ2n) is 4.83. The van der Waals surface area contributed by atoms with Gasteiger partial charge in [-0.1, -0.05) is 6.07 Å². The van der Waals surface area contributed by atoms with E-state index in [0.717, 1.165) is 36.7 Å². The molecule has 0 bridgehead atoms. The SMILES string of the molecule is CCOc1cc(CNCCc2ccn(C)n2)ccc1OC. The van der Waals surface area contributed by atoms with Gasteiger partial charge in [-0.15, -0.1) is 0 Å². The molecule has 1 heterocycles. The first-order valence-electron chi connectivity index (χ1n) is 7.22. The monoisotopic (exact) mass is 289 g/mol. The number of rotatable bonds is 8. The van der Waals surface area contributed by atoms with Gasteiger partial charge >= 0.3 is 0 Å². The highest BCUT2D eigenvalue weighted by Gasteiger charge is 2.05. The van der Waals surface area contributed by atoms with Gasteiger partial charge in [0, 0.05) is 32.8 Å². The lowest BCUT2D eigenvalue weighted by Gasteiger charge is -2.11. The molecule has 1 aromatic heterocycles. The summed E-state index contributed by atoms with van der Waals surface area (Å²) in [6, 6.07) is 8.06. The Morgan fingerprint density at radius 1 is 1.24 bits per heavy atom. The number of nitrogens with one attached hydrogen (secondary N) is 1. The van der Waals surface area contributed by atoms with Crippen molar-refractivity contribution in [3.05, 3.63) is 41.7 Å². The zero-order chi connectivity index (χ0) is 15.1. The quantitative estimate of drug-likeness (QED) is 0.757. The summed E-state index contributed by atoms with van der Waals surface area (Å²) in [7, 11) is 3.59. The largest absolute Gasteiger partial charge is 0.493 e. The molecular weight excluding hydrogens is 266 g/mol. The third-order valence-corrected chi connectivity index (χ3v) is 3.18. The van der Waals surface area contributed by atoms with E-state index in [-0.39, 0.29) is 0 Å². The summed E-state index contributed by atoms with van der Waals surface area (Å²) in [5.74, 6) is 1.57. The van der Waals surface area contributed by atoms with Crippen molar-refractivity contribution < 1.29 is 9.47 Å². The molecule has 1 aromatic carbocycles. The number of hydrogen-bond acceptors (Lipinski definition) is 4. The van der Waals surface area contributed by atoms with Crippen molar-refractivity contribution in [2.24, 2.45) is 7.05 Å². The van der Waals surface area contributed by atoms with Gasteiger partial charge in [-0.2, -0.15) is 5.10 Å². The first kappa shape index (κ1) is 15.4. The lowest BCUT2D eigenvalue weighted by Crippen LogP contribution is -2.17. The maximum Gasteiger partial charge on any atom is 0.161 e. The summed E-state index contributed by atoms with van der Waals surface area (Å²) in [4.78, 5) is 0. The van der Waals surface area contributed by atoms with E-state index in [1.54, 1.807) is 7.11 Å². The van der Waals surface area contributed by atoms with Crippen LogP contribution in [0.2, 0.25) is 0 Å². The Bertz CT molecular complexity index is 566. The predicted octanol–water partition coefficient (Wildman–Crippen LogP) is 2.16. The lowest BCUT2D eigenvalue weighted by atomic mass is 10.2. The van der Waals surface area contributed by atoms with E-state index in [9.17, 15) is 0 Å². The van der Waals surface area contributed by atoms with Gasteiger partial charge < -0.3 is 14.8 Å². The number of ether oxygens (including phenoxy) is 2.